The molecule has 84 heavy (non-hydrogen) atoms. The van der Waals surface area contributed by atoms with Gasteiger partial charge in [0.1, 0.15) is 97.3 Å². The molecule has 3 saturated carbocycles. The molecule has 0 radical (unpaired) electrons. The molecular formula is C56H92O27S. The standard InChI is InChI=1S/C56H92O27S/c1-21(2)22(3)31(57)18-56(9,69)35-11-10-28-27-17-33(30-16-26(83-84(70,71)72)12-14-54(30,7)29(27)13-15-55(28,35)8)78-51-45(68)46(38(61)25(6)77-51)80-53-48(82-50-44(67)42(65)37(60)24(5)76-50)40(63)34(20-74-53)79-52-47(39(62)32(58)19-73-52)81-49-43(66)41(64)36(59)23(4)75-49/h13,21-28,30,32-53,58-69H,10-12,14-20H2,1-9H3,(H,70,71,72)/t22-,23-,24-,25-,26+,27+,28+,30-,32+,33+,34-,35+,36+,37-,38-,39+,40+,41+,42+,43-,44-,45-,46+,47-,48-,49+,50+,51+,52+,53+,54-,55+,56+/m1/s1. The van der Waals surface area contributed by atoms with Crippen molar-refractivity contribution in [1.29, 1.82) is 0 Å². The summed E-state index contributed by atoms with van der Waals surface area (Å²) in [5.74, 6) is -1.03. The van der Waals surface area contributed by atoms with Crippen molar-refractivity contribution in [2.24, 2.45) is 46.3 Å². The average molecular weight is 1230 g/mol. The van der Waals surface area contributed by atoms with Crippen molar-refractivity contribution in [3.63, 3.8) is 0 Å². The summed E-state index contributed by atoms with van der Waals surface area (Å²) in [5, 5.41) is 134. The van der Waals surface area contributed by atoms with E-state index in [1.165, 1.54) is 20.8 Å². The zero-order valence-electron chi connectivity index (χ0n) is 49.0. The van der Waals surface area contributed by atoms with Crippen LogP contribution in [-0.4, -0.2) is 252 Å². The predicted octanol–water partition coefficient (Wildman–Crippen LogP) is -1.79. The summed E-state index contributed by atoms with van der Waals surface area (Å²) < 4.78 is 100. The first kappa shape index (κ1) is 66.8. The molecule has 27 nitrogen and oxygen atoms in total. The zero-order chi connectivity index (χ0) is 61.6. The number of Topliss-reactive ketones (excluding diaryl/α,β-unsaturated/α-hetero) is 1. The molecule has 5 aliphatic heterocycles. The van der Waals surface area contributed by atoms with Crippen molar-refractivity contribution in [1.82, 2.24) is 0 Å². The van der Waals surface area contributed by atoms with Gasteiger partial charge in [0.05, 0.1) is 49.3 Å². The van der Waals surface area contributed by atoms with Gasteiger partial charge in [-0.3, -0.25) is 9.35 Å². The van der Waals surface area contributed by atoms with Crippen molar-refractivity contribution in [2.45, 2.75) is 273 Å². The molecule has 0 aromatic heterocycles. The van der Waals surface area contributed by atoms with E-state index >= 15 is 0 Å². The molecule has 0 unspecified atom stereocenters. The number of fused-ring (bicyclic) bond motifs is 5. The van der Waals surface area contributed by atoms with Crippen LogP contribution in [0.15, 0.2) is 11.6 Å². The molecule has 33 atom stereocenters. The number of carbonyl (C=O) groups excluding carboxylic acids is 1. The molecule has 5 heterocycles. The highest BCUT2D eigenvalue weighted by atomic mass is 32.3. The molecule has 484 valence electrons. The molecule has 8 fully saturated rings. The first-order valence-electron chi connectivity index (χ1n) is 29.7. The van der Waals surface area contributed by atoms with Crippen LogP contribution >= 0.6 is 0 Å². The molecule has 9 aliphatic rings. The Morgan fingerprint density at radius 3 is 1.74 bits per heavy atom. The highest BCUT2D eigenvalue weighted by Gasteiger charge is 2.64. The summed E-state index contributed by atoms with van der Waals surface area (Å²) in [6, 6.07) is 0. The van der Waals surface area contributed by atoms with E-state index in [4.69, 9.17) is 51.6 Å². The number of allylic oxidation sites excluding steroid dienone is 2. The van der Waals surface area contributed by atoms with E-state index in [2.05, 4.69) is 19.9 Å². The number of ketones is 1. The zero-order valence-corrected chi connectivity index (χ0v) is 49.8. The van der Waals surface area contributed by atoms with Crippen LogP contribution in [0.25, 0.3) is 0 Å². The molecule has 13 N–H and O–H groups in total. The van der Waals surface area contributed by atoms with Gasteiger partial charge in [-0.1, -0.05) is 46.3 Å². The van der Waals surface area contributed by atoms with E-state index in [1.807, 2.05) is 20.8 Å². The van der Waals surface area contributed by atoms with Gasteiger partial charge in [0.2, 0.25) is 0 Å². The molecule has 28 heteroatoms. The molecule has 4 aliphatic carbocycles. The Bertz CT molecular complexity index is 2400. The lowest BCUT2D eigenvalue weighted by molar-refractivity contribution is -0.394. The second-order valence-corrected chi connectivity index (χ2v) is 27.6. The minimum atomic E-state index is -4.88. The summed E-state index contributed by atoms with van der Waals surface area (Å²) in [4.78, 5) is 13.5. The minimum Gasteiger partial charge on any atom is -0.389 e. The van der Waals surface area contributed by atoms with Crippen molar-refractivity contribution in [3.8, 4) is 0 Å². The summed E-state index contributed by atoms with van der Waals surface area (Å²) >= 11 is 0. The second-order valence-electron chi connectivity index (χ2n) is 26.6. The maximum absolute atomic E-state index is 13.5. The molecule has 0 spiro atoms. The number of aliphatic hydroxyl groups excluding tert-OH is 11. The second kappa shape index (κ2) is 25.6. The molecular weight excluding hydrogens is 1140 g/mol. The normalized spacial score (nSPS) is 51.2. The maximum Gasteiger partial charge on any atom is 0.397 e. The van der Waals surface area contributed by atoms with Crippen LogP contribution in [0, 0.1) is 46.3 Å². The SMILES string of the molecule is CC(C)[C@@H](C)C(=O)C[C@](C)(O)[C@H]1CC[C@H]2[C@@H]3C[C@H](O[C@@H]4O[C@H](C)[C@@H](O)[C@H](O[C@@H]5OC[C@@H](O[C@@H]6OC[C@H](O)[C@H](O)[C@H]6O[C@@H]6O[C@H](C)[C@H](O)[C@H](O)[C@H]6O)[C@H](O)[C@H]5O[C@@H]5O[C@H](C)[C@@H](O)[C@H](O)[C@H]5O)[C@H]4O)[C@H]4C[C@@H](OS(=O)(=O)O)CC[C@]4(C)C3=CC[C@@]21C. The van der Waals surface area contributed by atoms with Crippen molar-refractivity contribution >= 4 is 16.2 Å². The minimum absolute atomic E-state index is 0.00122. The first-order valence-corrected chi connectivity index (χ1v) is 31.1. The quantitative estimate of drug-likeness (QED) is 0.0565. The largest absolute Gasteiger partial charge is 0.397 e. The van der Waals surface area contributed by atoms with E-state index < -0.39 is 199 Å². The molecule has 0 aromatic rings. The van der Waals surface area contributed by atoms with Crippen LogP contribution < -0.4 is 0 Å². The lowest BCUT2D eigenvalue weighted by atomic mass is 9.47. The molecule has 5 saturated heterocycles. The monoisotopic (exact) mass is 1230 g/mol. The average Bonchev–Trinajstić information content (AvgIpc) is 1.86. The molecule has 0 aromatic carbocycles. The predicted molar refractivity (Wildman–Crippen MR) is 284 cm³/mol. The van der Waals surface area contributed by atoms with Crippen LogP contribution in [0.1, 0.15) is 114 Å². The van der Waals surface area contributed by atoms with Gasteiger partial charge in [0.15, 0.2) is 31.5 Å². The van der Waals surface area contributed by atoms with E-state index in [9.17, 15) is 79.0 Å². The van der Waals surface area contributed by atoms with Gasteiger partial charge in [-0.15, -0.1) is 0 Å². The maximum atomic E-state index is 13.5. The third-order valence-electron chi connectivity index (χ3n) is 20.8. The van der Waals surface area contributed by atoms with Crippen LogP contribution in [0.2, 0.25) is 0 Å². The fourth-order valence-corrected chi connectivity index (χ4v) is 16.0. The van der Waals surface area contributed by atoms with Gasteiger partial charge < -0.3 is 109 Å². The Balaban J connectivity index is 0.973. The highest BCUT2D eigenvalue weighted by Crippen LogP contribution is 2.67. The fourth-order valence-electron chi connectivity index (χ4n) is 15.4. The van der Waals surface area contributed by atoms with E-state index in [1.54, 1.807) is 6.92 Å². The van der Waals surface area contributed by atoms with E-state index in [0.717, 1.165) is 12.0 Å². The number of rotatable bonds is 17. The van der Waals surface area contributed by atoms with E-state index in [-0.39, 0.29) is 54.6 Å². The van der Waals surface area contributed by atoms with Gasteiger partial charge in [-0.2, -0.15) is 8.42 Å². The fraction of sp³-hybridized carbons (Fsp3) is 0.946. The van der Waals surface area contributed by atoms with Crippen molar-refractivity contribution in [2.75, 3.05) is 13.2 Å². The molecule has 0 amide bonds. The van der Waals surface area contributed by atoms with Crippen molar-refractivity contribution < 1.29 is 131 Å². The number of hydrogen-bond acceptors (Lipinski definition) is 26. The third kappa shape index (κ3) is 13.0. The van der Waals surface area contributed by atoms with Crippen LogP contribution in [-0.2, 0) is 66.7 Å². The summed E-state index contributed by atoms with van der Waals surface area (Å²) in [5.41, 5.74) is -1.25. The van der Waals surface area contributed by atoms with Gasteiger partial charge in [0, 0.05) is 12.3 Å². The van der Waals surface area contributed by atoms with Gasteiger partial charge in [-0.25, -0.2) is 4.18 Å². The Kier molecular flexibility index (Phi) is 20.4. The van der Waals surface area contributed by atoms with E-state index in [0.29, 0.717) is 25.7 Å². The summed E-state index contributed by atoms with van der Waals surface area (Å²) in [6.07, 6.45) is -34.3. The Hall–Kier alpha value is -1.60. The van der Waals surface area contributed by atoms with Crippen LogP contribution in [0.4, 0.5) is 0 Å². The van der Waals surface area contributed by atoms with Crippen LogP contribution in [0.5, 0.6) is 0 Å². The Morgan fingerprint density at radius 1 is 0.631 bits per heavy atom. The summed E-state index contributed by atoms with van der Waals surface area (Å²) in [6.45, 7) is 15.0. The molecule has 0 bridgehead atoms. The number of aliphatic hydroxyl groups is 12. The van der Waals surface area contributed by atoms with Crippen molar-refractivity contribution in [3.05, 3.63) is 11.6 Å². The highest BCUT2D eigenvalue weighted by molar-refractivity contribution is 7.80. The van der Waals surface area contributed by atoms with Gasteiger partial charge >= 0.3 is 10.4 Å². The summed E-state index contributed by atoms with van der Waals surface area (Å²) in [7, 11) is -4.88. The first-order chi connectivity index (χ1) is 39.2. The number of ether oxygens (including phenoxy) is 10. The Morgan fingerprint density at radius 2 is 1.15 bits per heavy atom. The van der Waals surface area contributed by atoms with Gasteiger partial charge in [-0.05, 0) is 113 Å². The lowest BCUT2D eigenvalue weighted by Crippen LogP contribution is -2.66. The topological polar surface area (TPSA) is 416 Å². The third-order valence-corrected chi connectivity index (χ3v) is 21.3. The lowest BCUT2D eigenvalue weighted by Gasteiger charge is -2.60. The van der Waals surface area contributed by atoms with Gasteiger partial charge in [0.25, 0.3) is 0 Å². The molecule has 9 rings (SSSR count). The number of carbonyl (C=O) groups is 1. The van der Waals surface area contributed by atoms with Crippen LogP contribution in [0.3, 0.4) is 0 Å². The smallest absolute Gasteiger partial charge is 0.389 e. The number of hydrogen-bond donors (Lipinski definition) is 13. The Labute approximate surface area is 489 Å².